The highest BCUT2D eigenvalue weighted by Crippen LogP contribution is 2.20. The summed E-state index contributed by atoms with van der Waals surface area (Å²) in [5.74, 6) is 0.650. The van der Waals surface area contributed by atoms with Crippen molar-refractivity contribution in [1.82, 2.24) is 0 Å². The maximum atomic E-state index is 11.6. The number of carbonyl (C=O) groups is 1. The number of carbonyl (C=O) groups excluding carboxylic acids is 1. The van der Waals surface area contributed by atoms with E-state index in [4.69, 9.17) is 15.2 Å². The van der Waals surface area contributed by atoms with E-state index >= 15 is 0 Å². The van der Waals surface area contributed by atoms with Crippen molar-refractivity contribution >= 4 is 18.4 Å². The van der Waals surface area contributed by atoms with Gasteiger partial charge in [0.05, 0.1) is 6.61 Å². The molecule has 0 bridgehead atoms. The Balaban J connectivity index is 0.00000289. The fraction of sp³-hybridized carbons (Fsp3) is 0.923. The molecule has 0 saturated carbocycles. The fourth-order valence-electron chi connectivity index (χ4n) is 1.93. The van der Waals surface area contributed by atoms with Crippen molar-refractivity contribution in [3.63, 3.8) is 0 Å². The number of halogens is 1. The van der Waals surface area contributed by atoms with Crippen molar-refractivity contribution in [3.05, 3.63) is 0 Å². The third-order valence-electron chi connectivity index (χ3n) is 3.29. The van der Waals surface area contributed by atoms with Gasteiger partial charge in [-0.2, -0.15) is 0 Å². The minimum Gasteiger partial charge on any atom is -0.461 e. The van der Waals surface area contributed by atoms with Gasteiger partial charge in [0.1, 0.15) is 12.1 Å². The molecule has 4 nitrogen and oxygen atoms in total. The van der Waals surface area contributed by atoms with Crippen LogP contribution in [0.5, 0.6) is 0 Å². The van der Waals surface area contributed by atoms with Crippen LogP contribution in [0.3, 0.4) is 0 Å². The van der Waals surface area contributed by atoms with Crippen LogP contribution < -0.4 is 5.73 Å². The summed E-state index contributed by atoms with van der Waals surface area (Å²) >= 11 is 0. The van der Waals surface area contributed by atoms with E-state index in [1.54, 1.807) is 0 Å². The van der Waals surface area contributed by atoms with Gasteiger partial charge in [0.15, 0.2) is 0 Å². The molecular formula is C13H26ClNO3. The molecule has 0 aromatic carbocycles. The summed E-state index contributed by atoms with van der Waals surface area (Å²) < 4.78 is 11.0. The van der Waals surface area contributed by atoms with Crippen LogP contribution in [-0.4, -0.2) is 31.3 Å². The van der Waals surface area contributed by atoms with Crippen molar-refractivity contribution in [1.29, 1.82) is 0 Å². The quantitative estimate of drug-likeness (QED) is 0.804. The molecule has 1 heterocycles. The lowest BCUT2D eigenvalue weighted by atomic mass is 9.94. The van der Waals surface area contributed by atoms with E-state index in [9.17, 15) is 4.79 Å². The molecule has 18 heavy (non-hydrogen) atoms. The van der Waals surface area contributed by atoms with Crippen molar-refractivity contribution < 1.29 is 14.3 Å². The summed E-state index contributed by atoms with van der Waals surface area (Å²) in [6.45, 7) is 7.53. The van der Waals surface area contributed by atoms with E-state index in [0.717, 1.165) is 12.8 Å². The molecule has 1 aliphatic rings. The van der Waals surface area contributed by atoms with Gasteiger partial charge in [-0.1, -0.05) is 20.3 Å². The largest absolute Gasteiger partial charge is 0.461 e. The lowest BCUT2D eigenvalue weighted by Gasteiger charge is -2.24. The Morgan fingerprint density at radius 2 is 2.11 bits per heavy atom. The number of rotatable bonds is 3. The van der Waals surface area contributed by atoms with Crippen LogP contribution >= 0.6 is 12.4 Å². The third kappa shape index (κ3) is 6.03. The molecule has 2 N–H and O–H groups in total. The Morgan fingerprint density at radius 3 is 2.72 bits per heavy atom. The van der Waals surface area contributed by atoms with Gasteiger partial charge in [-0.05, 0) is 25.7 Å². The molecule has 0 spiro atoms. The normalized spacial score (nSPS) is 29.8. The highest BCUT2D eigenvalue weighted by molar-refractivity contribution is 5.85. The molecule has 1 aliphatic heterocycles. The zero-order chi connectivity index (χ0) is 12.8. The van der Waals surface area contributed by atoms with Crippen LogP contribution in [0, 0.1) is 11.8 Å². The molecule has 1 rings (SSSR count). The van der Waals surface area contributed by atoms with Crippen molar-refractivity contribution in [2.75, 3.05) is 13.2 Å². The zero-order valence-electron chi connectivity index (χ0n) is 11.6. The van der Waals surface area contributed by atoms with Gasteiger partial charge < -0.3 is 15.2 Å². The lowest BCUT2D eigenvalue weighted by molar-refractivity contribution is -0.152. The highest BCUT2D eigenvalue weighted by Gasteiger charge is 2.26. The summed E-state index contributed by atoms with van der Waals surface area (Å²) in [5, 5.41) is 0. The number of esters is 1. The number of cyclic esters (lactones) is 1. The molecule has 1 saturated heterocycles. The smallest absolute Gasteiger partial charge is 0.323 e. The molecule has 0 unspecified atom stereocenters. The van der Waals surface area contributed by atoms with Crippen LogP contribution in [0.4, 0.5) is 0 Å². The SMILES string of the molecule is CC(C)CC[C@@H]1COCC[C@H](N)C(=O)O[C@H]1C.Cl. The third-order valence-corrected chi connectivity index (χ3v) is 3.29. The molecule has 0 amide bonds. The first kappa shape index (κ1) is 17.7. The Labute approximate surface area is 116 Å². The maximum Gasteiger partial charge on any atom is 0.323 e. The van der Waals surface area contributed by atoms with Gasteiger partial charge in [0, 0.05) is 12.5 Å². The van der Waals surface area contributed by atoms with Gasteiger partial charge in [0.2, 0.25) is 0 Å². The van der Waals surface area contributed by atoms with Gasteiger partial charge in [-0.25, -0.2) is 0 Å². The Hall–Kier alpha value is -0.320. The van der Waals surface area contributed by atoms with E-state index < -0.39 is 6.04 Å². The van der Waals surface area contributed by atoms with Crippen LogP contribution in [0.15, 0.2) is 0 Å². The maximum absolute atomic E-state index is 11.6. The van der Waals surface area contributed by atoms with Gasteiger partial charge in [0.25, 0.3) is 0 Å². The van der Waals surface area contributed by atoms with Crippen molar-refractivity contribution in [2.45, 2.75) is 52.2 Å². The molecule has 3 atom stereocenters. The minimum atomic E-state index is -0.540. The summed E-state index contributed by atoms with van der Waals surface area (Å²) in [5.41, 5.74) is 5.69. The highest BCUT2D eigenvalue weighted by atomic mass is 35.5. The first-order valence-electron chi connectivity index (χ1n) is 6.54. The second kappa shape index (κ2) is 8.73. The summed E-state index contributed by atoms with van der Waals surface area (Å²) in [6, 6.07) is -0.540. The Morgan fingerprint density at radius 1 is 1.44 bits per heavy atom. The second-order valence-corrected chi connectivity index (χ2v) is 5.34. The van der Waals surface area contributed by atoms with Gasteiger partial charge in [-0.15, -0.1) is 12.4 Å². The first-order valence-corrected chi connectivity index (χ1v) is 6.54. The van der Waals surface area contributed by atoms with Crippen LogP contribution in [-0.2, 0) is 14.3 Å². The molecular weight excluding hydrogens is 254 g/mol. The van der Waals surface area contributed by atoms with Gasteiger partial charge >= 0.3 is 5.97 Å². The standard InChI is InChI=1S/C13H25NO3.ClH/c1-9(2)4-5-11-8-16-7-6-12(14)13(15)17-10(11)3;/h9-12H,4-8,14H2,1-3H3;1H/t10-,11+,12-;/m0./s1. The van der Waals surface area contributed by atoms with Crippen LogP contribution in [0.1, 0.15) is 40.0 Å². The number of hydrogen-bond donors (Lipinski definition) is 1. The average molecular weight is 280 g/mol. The van der Waals surface area contributed by atoms with E-state index in [2.05, 4.69) is 13.8 Å². The number of ether oxygens (including phenoxy) is 2. The molecule has 1 fully saturated rings. The van der Waals surface area contributed by atoms with E-state index in [1.807, 2.05) is 6.92 Å². The average Bonchev–Trinajstić information content (AvgIpc) is 2.30. The number of hydrogen-bond acceptors (Lipinski definition) is 4. The minimum absolute atomic E-state index is 0. The summed E-state index contributed by atoms with van der Waals surface area (Å²) in [7, 11) is 0. The number of nitrogens with two attached hydrogens (primary N) is 1. The summed E-state index contributed by atoms with van der Waals surface area (Å²) in [4.78, 5) is 11.6. The molecule has 0 aromatic rings. The first-order chi connectivity index (χ1) is 8.00. The van der Waals surface area contributed by atoms with Crippen molar-refractivity contribution in [3.8, 4) is 0 Å². The molecule has 108 valence electrons. The zero-order valence-corrected chi connectivity index (χ0v) is 12.4. The molecule has 5 heteroatoms. The van der Waals surface area contributed by atoms with E-state index in [-0.39, 0.29) is 30.4 Å². The Kier molecular flexibility index (Phi) is 8.57. The predicted molar refractivity (Wildman–Crippen MR) is 73.8 cm³/mol. The van der Waals surface area contributed by atoms with Crippen molar-refractivity contribution in [2.24, 2.45) is 17.6 Å². The lowest BCUT2D eigenvalue weighted by Crippen LogP contribution is -2.36. The van der Waals surface area contributed by atoms with Crippen LogP contribution in [0.2, 0.25) is 0 Å². The topological polar surface area (TPSA) is 61.5 Å². The predicted octanol–water partition coefficient (Wildman–Crippen LogP) is 2.14. The molecule has 0 aromatic heterocycles. The van der Waals surface area contributed by atoms with E-state index in [0.29, 0.717) is 25.6 Å². The van der Waals surface area contributed by atoms with E-state index in [1.165, 1.54) is 0 Å². The van der Waals surface area contributed by atoms with Gasteiger partial charge in [-0.3, -0.25) is 4.79 Å². The monoisotopic (exact) mass is 279 g/mol. The fourth-order valence-corrected chi connectivity index (χ4v) is 1.93. The molecule has 0 radical (unpaired) electrons. The Bertz CT molecular complexity index is 248. The second-order valence-electron chi connectivity index (χ2n) is 5.34. The summed E-state index contributed by atoms with van der Waals surface area (Å²) in [6.07, 6.45) is 2.59. The van der Waals surface area contributed by atoms with Crippen LogP contribution in [0.25, 0.3) is 0 Å². The molecule has 0 aliphatic carbocycles.